The summed E-state index contributed by atoms with van der Waals surface area (Å²) in [6.07, 6.45) is 0.641. The van der Waals surface area contributed by atoms with Crippen molar-refractivity contribution in [3.63, 3.8) is 0 Å². The fourth-order valence-corrected chi connectivity index (χ4v) is 2.90. The maximum absolute atomic E-state index is 13.6. The molecule has 6 heteroatoms. The van der Waals surface area contributed by atoms with Crippen LogP contribution < -0.4 is 5.32 Å². The van der Waals surface area contributed by atoms with Gasteiger partial charge in [-0.15, -0.1) is 10.2 Å². The van der Waals surface area contributed by atoms with Gasteiger partial charge in [0.05, 0.1) is 6.42 Å². The average molecular weight is 327 g/mol. The quantitative estimate of drug-likeness (QED) is 0.781. The molecule has 0 bridgehead atoms. The average Bonchev–Trinajstić information content (AvgIpc) is 2.97. The minimum Gasteiger partial charge on any atom is -0.300 e. The lowest BCUT2D eigenvalue weighted by atomic mass is 10.1. The lowest BCUT2D eigenvalue weighted by Crippen LogP contribution is -2.14. The predicted octanol–water partition coefficient (Wildman–Crippen LogP) is 3.45. The number of aromatic nitrogens is 2. The fraction of sp³-hybridized carbons (Fsp3) is 0.118. The fourth-order valence-electron chi connectivity index (χ4n) is 2.12. The van der Waals surface area contributed by atoms with Crippen LogP contribution in [0.5, 0.6) is 0 Å². The summed E-state index contributed by atoms with van der Waals surface area (Å²) in [5.74, 6) is -0.415. The van der Waals surface area contributed by atoms with Crippen LogP contribution in [0.2, 0.25) is 0 Å². The van der Waals surface area contributed by atoms with E-state index >= 15 is 0 Å². The maximum Gasteiger partial charge on any atom is 0.230 e. The normalized spacial score (nSPS) is 10.5. The molecular weight excluding hydrogens is 313 g/mol. The largest absolute Gasteiger partial charge is 0.300 e. The standard InChI is InChI=1S/C17H14FN3OS/c18-14-9-5-4-8-13(14)11-16-20-21-17(23-16)19-15(22)10-12-6-2-1-3-7-12/h1-9H,10-11H2,(H,19,21,22). The lowest BCUT2D eigenvalue weighted by molar-refractivity contribution is -0.115. The second-order valence-electron chi connectivity index (χ2n) is 4.98. The molecule has 0 spiro atoms. The molecule has 0 saturated heterocycles. The molecule has 0 atom stereocenters. The first-order valence-electron chi connectivity index (χ1n) is 7.10. The Bertz CT molecular complexity index is 804. The van der Waals surface area contributed by atoms with E-state index in [9.17, 15) is 9.18 Å². The number of nitrogens with zero attached hydrogens (tertiary/aromatic N) is 2. The molecule has 3 aromatic rings. The number of nitrogens with one attached hydrogen (secondary N) is 1. The van der Waals surface area contributed by atoms with Gasteiger partial charge < -0.3 is 5.32 Å². The third-order valence-electron chi connectivity index (χ3n) is 3.22. The van der Waals surface area contributed by atoms with E-state index in [1.54, 1.807) is 18.2 Å². The number of carbonyl (C=O) groups excluding carboxylic acids is 1. The van der Waals surface area contributed by atoms with Gasteiger partial charge in [0, 0.05) is 6.42 Å². The van der Waals surface area contributed by atoms with E-state index in [0.717, 1.165) is 5.56 Å². The number of benzene rings is 2. The number of hydrogen-bond donors (Lipinski definition) is 1. The van der Waals surface area contributed by atoms with Crippen LogP contribution in [-0.4, -0.2) is 16.1 Å². The van der Waals surface area contributed by atoms with Crippen molar-refractivity contribution in [3.05, 3.63) is 76.5 Å². The van der Waals surface area contributed by atoms with Crippen LogP contribution in [0.25, 0.3) is 0 Å². The summed E-state index contributed by atoms with van der Waals surface area (Å²) in [6.45, 7) is 0. The van der Waals surface area contributed by atoms with Crippen LogP contribution in [0.4, 0.5) is 9.52 Å². The van der Waals surface area contributed by atoms with Gasteiger partial charge in [-0.1, -0.05) is 59.9 Å². The van der Waals surface area contributed by atoms with Crippen molar-refractivity contribution >= 4 is 22.4 Å². The Kier molecular flexibility index (Phi) is 4.73. The molecule has 116 valence electrons. The summed E-state index contributed by atoms with van der Waals surface area (Å²) < 4.78 is 13.6. The Morgan fingerprint density at radius 3 is 2.57 bits per heavy atom. The third-order valence-corrected chi connectivity index (χ3v) is 4.06. The van der Waals surface area contributed by atoms with Crippen molar-refractivity contribution in [2.75, 3.05) is 5.32 Å². The summed E-state index contributed by atoms with van der Waals surface area (Å²) in [7, 11) is 0. The van der Waals surface area contributed by atoms with Crippen molar-refractivity contribution in [1.82, 2.24) is 10.2 Å². The Labute approximate surface area is 137 Å². The minimum atomic E-state index is -0.266. The molecule has 1 aromatic heterocycles. The molecule has 3 rings (SSSR count). The van der Waals surface area contributed by atoms with E-state index in [1.807, 2.05) is 30.3 Å². The molecule has 0 fully saturated rings. The Balaban J connectivity index is 1.61. The highest BCUT2D eigenvalue weighted by molar-refractivity contribution is 7.15. The Hall–Kier alpha value is -2.60. The van der Waals surface area contributed by atoms with Crippen LogP contribution >= 0.6 is 11.3 Å². The van der Waals surface area contributed by atoms with Crippen LogP contribution in [0.3, 0.4) is 0 Å². The van der Waals surface area contributed by atoms with Crippen molar-refractivity contribution in [2.24, 2.45) is 0 Å². The molecule has 1 amide bonds. The van der Waals surface area contributed by atoms with Crippen molar-refractivity contribution in [3.8, 4) is 0 Å². The van der Waals surface area contributed by atoms with Gasteiger partial charge in [-0.05, 0) is 17.2 Å². The van der Waals surface area contributed by atoms with E-state index in [0.29, 0.717) is 22.1 Å². The van der Waals surface area contributed by atoms with Gasteiger partial charge in [-0.3, -0.25) is 4.79 Å². The molecule has 0 unspecified atom stereocenters. The van der Waals surface area contributed by atoms with E-state index in [4.69, 9.17) is 0 Å². The first-order chi connectivity index (χ1) is 11.2. The van der Waals surface area contributed by atoms with Crippen molar-refractivity contribution in [1.29, 1.82) is 0 Å². The topological polar surface area (TPSA) is 54.9 Å². The summed E-state index contributed by atoms with van der Waals surface area (Å²) in [5.41, 5.74) is 1.49. The van der Waals surface area contributed by atoms with Crippen molar-refractivity contribution in [2.45, 2.75) is 12.8 Å². The van der Waals surface area contributed by atoms with Crippen LogP contribution in [-0.2, 0) is 17.6 Å². The molecule has 4 nitrogen and oxygen atoms in total. The first-order valence-corrected chi connectivity index (χ1v) is 7.92. The summed E-state index contributed by atoms with van der Waals surface area (Å²) in [6, 6.07) is 16.0. The second kappa shape index (κ2) is 7.11. The Morgan fingerprint density at radius 2 is 1.78 bits per heavy atom. The minimum absolute atomic E-state index is 0.148. The van der Waals surface area contributed by atoms with Crippen LogP contribution in [0, 0.1) is 5.82 Å². The molecule has 2 aromatic carbocycles. The highest BCUT2D eigenvalue weighted by atomic mass is 32.1. The summed E-state index contributed by atoms with van der Waals surface area (Å²) >= 11 is 1.25. The van der Waals surface area contributed by atoms with E-state index < -0.39 is 0 Å². The first kappa shape index (κ1) is 15.3. The summed E-state index contributed by atoms with van der Waals surface area (Å²) in [4.78, 5) is 12.0. The number of hydrogen-bond acceptors (Lipinski definition) is 4. The molecule has 0 aliphatic heterocycles. The monoisotopic (exact) mass is 327 g/mol. The lowest BCUT2D eigenvalue weighted by Gasteiger charge is -2.01. The van der Waals surface area contributed by atoms with Gasteiger partial charge >= 0.3 is 0 Å². The molecule has 0 aliphatic carbocycles. The molecular formula is C17H14FN3OS. The molecule has 1 heterocycles. The third kappa shape index (κ3) is 4.20. The van der Waals surface area contributed by atoms with E-state index in [1.165, 1.54) is 17.4 Å². The van der Waals surface area contributed by atoms with Gasteiger partial charge in [0.25, 0.3) is 0 Å². The van der Waals surface area contributed by atoms with Gasteiger partial charge in [0.2, 0.25) is 11.0 Å². The molecule has 0 saturated carbocycles. The van der Waals surface area contributed by atoms with Crippen LogP contribution in [0.15, 0.2) is 54.6 Å². The highest BCUT2D eigenvalue weighted by Gasteiger charge is 2.10. The summed E-state index contributed by atoms with van der Waals surface area (Å²) in [5, 5.41) is 11.7. The highest BCUT2D eigenvalue weighted by Crippen LogP contribution is 2.20. The zero-order valence-electron chi connectivity index (χ0n) is 12.2. The van der Waals surface area contributed by atoms with Crippen molar-refractivity contribution < 1.29 is 9.18 Å². The van der Waals surface area contributed by atoms with Gasteiger partial charge in [0.15, 0.2) is 0 Å². The SMILES string of the molecule is O=C(Cc1ccccc1)Nc1nnc(Cc2ccccc2F)s1. The smallest absolute Gasteiger partial charge is 0.230 e. The number of carbonyl (C=O) groups is 1. The number of rotatable bonds is 5. The number of amides is 1. The second-order valence-corrected chi connectivity index (χ2v) is 6.04. The van der Waals surface area contributed by atoms with Gasteiger partial charge in [-0.2, -0.15) is 0 Å². The number of anilines is 1. The predicted molar refractivity (Wildman–Crippen MR) is 87.9 cm³/mol. The van der Waals surface area contributed by atoms with E-state index in [-0.39, 0.29) is 18.1 Å². The van der Waals surface area contributed by atoms with Crippen LogP contribution in [0.1, 0.15) is 16.1 Å². The Morgan fingerprint density at radius 1 is 1.04 bits per heavy atom. The zero-order valence-corrected chi connectivity index (χ0v) is 13.0. The molecule has 23 heavy (non-hydrogen) atoms. The van der Waals surface area contributed by atoms with Gasteiger partial charge in [-0.25, -0.2) is 4.39 Å². The molecule has 1 N–H and O–H groups in total. The molecule has 0 aliphatic rings. The number of halogens is 1. The zero-order chi connectivity index (χ0) is 16.1. The molecule has 0 radical (unpaired) electrons. The van der Waals surface area contributed by atoms with E-state index in [2.05, 4.69) is 15.5 Å². The van der Waals surface area contributed by atoms with Gasteiger partial charge in [0.1, 0.15) is 10.8 Å². The maximum atomic E-state index is 13.6.